The van der Waals surface area contributed by atoms with Crippen LogP contribution in [0.25, 0.3) is 0 Å². The van der Waals surface area contributed by atoms with Crippen LogP contribution in [0.1, 0.15) is 45.1 Å². The molecule has 1 aromatic rings. The zero-order chi connectivity index (χ0) is 18.4. The Hall–Kier alpha value is -1.91. The summed E-state index contributed by atoms with van der Waals surface area (Å²) >= 11 is 0. The monoisotopic (exact) mass is 349 g/mol. The first-order valence-electron chi connectivity index (χ1n) is 9.08. The molecule has 25 heavy (non-hydrogen) atoms. The molecule has 1 aliphatic carbocycles. The Morgan fingerprint density at radius 1 is 1.08 bits per heavy atom. The third-order valence-electron chi connectivity index (χ3n) is 5.42. The fourth-order valence-corrected chi connectivity index (χ4v) is 3.60. The highest BCUT2D eigenvalue weighted by Crippen LogP contribution is 2.38. The van der Waals surface area contributed by atoms with Crippen LogP contribution in [0.2, 0.25) is 0 Å². The summed E-state index contributed by atoms with van der Waals surface area (Å²) in [7, 11) is 4.78. The SMILES string of the molecule is COc1cc(CCC(=O)N[C@@H]2CCC[C@@H](C)[C@@H]2C)cc(OC)c1OC. The highest BCUT2D eigenvalue weighted by atomic mass is 16.5. The summed E-state index contributed by atoms with van der Waals surface area (Å²) in [5.74, 6) is 3.13. The van der Waals surface area contributed by atoms with Gasteiger partial charge in [-0.15, -0.1) is 0 Å². The van der Waals surface area contributed by atoms with E-state index in [0.717, 1.165) is 12.0 Å². The topological polar surface area (TPSA) is 56.8 Å². The number of carbonyl (C=O) groups excluding carboxylic acids is 1. The second-order valence-electron chi connectivity index (χ2n) is 6.97. The van der Waals surface area contributed by atoms with Crippen molar-refractivity contribution in [3.8, 4) is 17.2 Å². The number of methoxy groups -OCH3 is 3. The zero-order valence-electron chi connectivity index (χ0n) is 16.1. The van der Waals surface area contributed by atoms with Crippen molar-refractivity contribution < 1.29 is 19.0 Å². The molecule has 2 rings (SSSR count). The number of amides is 1. The molecule has 1 fully saturated rings. The number of carbonyl (C=O) groups is 1. The summed E-state index contributed by atoms with van der Waals surface area (Å²) in [5.41, 5.74) is 0.995. The molecular weight excluding hydrogens is 318 g/mol. The lowest BCUT2D eigenvalue weighted by Gasteiger charge is -2.34. The highest BCUT2D eigenvalue weighted by molar-refractivity contribution is 5.76. The summed E-state index contributed by atoms with van der Waals surface area (Å²) in [5, 5.41) is 3.22. The van der Waals surface area contributed by atoms with Crippen LogP contribution in [-0.2, 0) is 11.2 Å². The number of hydrogen-bond acceptors (Lipinski definition) is 4. The van der Waals surface area contributed by atoms with Gasteiger partial charge in [-0.3, -0.25) is 4.79 Å². The molecule has 0 heterocycles. The lowest BCUT2D eigenvalue weighted by Crippen LogP contribution is -2.43. The molecule has 1 N–H and O–H groups in total. The average molecular weight is 349 g/mol. The second-order valence-corrected chi connectivity index (χ2v) is 6.97. The van der Waals surface area contributed by atoms with Gasteiger partial charge in [0.25, 0.3) is 0 Å². The molecule has 0 spiro atoms. The number of rotatable bonds is 7. The Balaban J connectivity index is 1.97. The van der Waals surface area contributed by atoms with Gasteiger partial charge < -0.3 is 19.5 Å². The van der Waals surface area contributed by atoms with E-state index in [1.54, 1.807) is 21.3 Å². The van der Waals surface area contributed by atoms with Gasteiger partial charge >= 0.3 is 0 Å². The Kier molecular flexibility index (Phi) is 6.97. The van der Waals surface area contributed by atoms with Gasteiger partial charge in [0.15, 0.2) is 11.5 Å². The molecule has 1 saturated carbocycles. The van der Waals surface area contributed by atoms with Gasteiger partial charge in [-0.1, -0.05) is 26.7 Å². The van der Waals surface area contributed by atoms with Crippen LogP contribution in [0.4, 0.5) is 0 Å². The maximum absolute atomic E-state index is 12.4. The Bertz CT molecular complexity index is 562. The molecule has 1 amide bonds. The number of benzene rings is 1. The normalized spacial score (nSPS) is 23.0. The van der Waals surface area contributed by atoms with Crippen molar-refractivity contribution in [3.05, 3.63) is 17.7 Å². The third kappa shape index (κ3) is 4.80. The van der Waals surface area contributed by atoms with Crippen LogP contribution in [0.15, 0.2) is 12.1 Å². The fraction of sp³-hybridized carbons (Fsp3) is 0.650. The number of hydrogen-bond donors (Lipinski definition) is 1. The van der Waals surface area contributed by atoms with Crippen molar-refractivity contribution in [1.29, 1.82) is 0 Å². The van der Waals surface area contributed by atoms with E-state index in [9.17, 15) is 4.79 Å². The fourth-order valence-electron chi connectivity index (χ4n) is 3.60. The summed E-state index contributed by atoms with van der Waals surface area (Å²) in [6.07, 6.45) is 4.64. The van der Waals surface area contributed by atoms with Crippen molar-refractivity contribution in [3.63, 3.8) is 0 Å². The molecule has 5 nitrogen and oxygen atoms in total. The Morgan fingerprint density at radius 2 is 1.72 bits per heavy atom. The van der Waals surface area contributed by atoms with Crippen molar-refractivity contribution in [1.82, 2.24) is 5.32 Å². The maximum Gasteiger partial charge on any atom is 0.220 e. The smallest absolute Gasteiger partial charge is 0.220 e. The van der Waals surface area contributed by atoms with E-state index < -0.39 is 0 Å². The van der Waals surface area contributed by atoms with E-state index in [0.29, 0.717) is 48.0 Å². The maximum atomic E-state index is 12.4. The molecule has 3 atom stereocenters. The van der Waals surface area contributed by atoms with Gasteiger partial charge in [0, 0.05) is 12.5 Å². The summed E-state index contributed by atoms with van der Waals surface area (Å²) < 4.78 is 16.1. The molecule has 0 bridgehead atoms. The van der Waals surface area contributed by atoms with Crippen molar-refractivity contribution in [2.24, 2.45) is 11.8 Å². The molecule has 0 unspecified atom stereocenters. The molecule has 0 aromatic heterocycles. The number of aryl methyl sites for hydroxylation is 1. The van der Waals surface area contributed by atoms with Gasteiger partial charge in [-0.2, -0.15) is 0 Å². The molecular formula is C20H31NO4. The van der Waals surface area contributed by atoms with E-state index in [-0.39, 0.29) is 5.91 Å². The van der Waals surface area contributed by atoms with E-state index in [2.05, 4.69) is 19.2 Å². The van der Waals surface area contributed by atoms with Crippen LogP contribution < -0.4 is 19.5 Å². The summed E-state index contributed by atoms with van der Waals surface area (Å²) in [4.78, 5) is 12.4. The quantitative estimate of drug-likeness (QED) is 0.817. The minimum absolute atomic E-state index is 0.111. The van der Waals surface area contributed by atoms with Crippen LogP contribution in [0, 0.1) is 11.8 Å². The van der Waals surface area contributed by atoms with Crippen LogP contribution in [0.5, 0.6) is 17.2 Å². The van der Waals surface area contributed by atoms with Crippen molar-refractivity contribution in [2.75, 3.05) is 21.3 Å². The number of nitrogens with one attached hydrogen (secondary N) is 1. The molecule has 1 aliphatic rings. The second kappa shape index (κ2) is 8.97. The van der Waals surface area contributed by atoms with Crippen LogP contribution in [-0.4, -0.2) is 33.3 Å². The standard InChI is InChI=1S/C20H31NO4/c1-13-7-6-8-16(14(13)2)21-19(22)10-9-15-11-17(23-3)20(25-5)18(12-15)24-4/h11-14,16H,6-10H2,1-5H3,(H,21,22)/t13-,14+,16-/m1/s1. The van der Waals surface area contributed by atoms with E-state index in [1.807, 2.05) is 12.1 Å². The summed E-state index contributed by atoms with van der Waals surface area (Å²) in [6.45, 7) is 4.52. The predicted octanol–water partition coefficient (Wildman–Crippen LogP) is 3.59. The van der Waals surface area contributed by atoms with Gasteiger partial charge in [0.2, 0.25) is 11.7 Å². The van der Waals surface area contributed by atoms with Crippen LogP contribution in [0.3, 0.4) is 0 Å². The van der Waals surface area contributed by atoms with Crippen molar-refractivity contribution in [2.45, 2.75) is 52.0 Å². The Labute approximate surface area is 151 Å². The molecule has 1 aromatic carbocycles. The van der Waals surface area contributed by atoms with Gasteiger partial charge in [0.1, 0.15) is 0 Å². The molecule has 0 aliphatic heterocycles. The molecule has 5 heteroatoms. The highest BCUT2D eigenvalue weighted by Gasteiger charge is 2.28. The third-order valence-corrected chi connectivity index (χ3v) is 5.42. The first-order valence-corrected chi connectivity index (χ1v) is 9.08. The minimum atomic E-state index is 0.111. The van der Waals surface area contributed by atoms with Crippen molar-refractivity contribution >= 4 is 5.91 Å². The van der Waals surface area contributed by atoms with Gasteiger partial charge in [-0.05, 0) is 42.4 Å². The van der Waals surface area contributed by atoms with Gasteiger partial charge in [-0.25, -0.2) is 0 Å². The predicted molar refractivity (Wildman–Crippen MR) is 98.5 cm³/mol. The van der Waals surface area contributed by atoms with Gasteiger partial charge in [0.05, 0.1) is 21.3 Å². The lowest BCUT2D eigenvalue weighted by molar-refractivity contribution is -0.122. The van der Waals surface area contributed by atoms with Crippen LogP contribution >= 0.6 is 0 Å². The van der Waals surface area contributed by atoms with E-state index in [1.165, 1.54) is 12.8 Å². The largest absolute Gasteiger partial charge is 0.493 e. The van der Waals surface area contributed by atoms with E-state index in [4.69, 9.17) is 14.2 Å². The first-order chi connectivity index (χ1) is 12.0. The average Bonchev–Trinajstić information content (AvgIpc) is 2.62. The minimum Gasteiger partial charge on any atom is -0.493 e. The first kappa shape index (κ1) is 19.4. The Morgan fingerprint density at radius 3 is 2.28 bits per heavy atom. The van der Waals surface area contributed by atoms with E-state index >= 15 is 0 Å². The zero-order valence-corrected chi connectivity index (χ0v) is 16.1. The molecule has 0 saturated heterocycles. The molecule has 140 valence electrons. The molecule has 0 radical (unpaired) electrons. The lowest BCUT2D eigenvalue weighted by atomic mass is 9.78. The number of ether oxygens (including phenoxy) is 3. The summed E-state index contributed by atoms with van der Waals surface area (Å²) in [6, 6.07) is 4.11.